The Morgan fingerprint density at radius 3 is 2.29 bits per heavy atom. The van der Waals surface area contributed by atoms with Crippen molar-refractivity contribution in [3.63, 3.8) is 0 Å². The van der Waals surface area contributed by atoms with Crippen LogP contribution in [0.1, 0.15) is 65.0 Å². The highest BCUT2D eigenvalue weighted by Gasteiger charge is 2.43. The Kier molecular flexibility index (Phi) is 13.3. The van der Waals surface area contributed by atoms with E-state index in [0.29, 0.717) is 5.02 Å². The zero-order valence-corrected chi connectivity index (χ0v) is 32.0. The number of hydrogen-bond acceptors (Lipinski definition) is 8. The summed E-state index contributed by atoms with van der Waals surface area (Å²) in [4.78, 5) is 45.2. The van der Waals surface area contributed by atoms with Gasteiger partial charge in [0.25, 0.3) is 0 Å². The molecule has 1 unspecified atom stereocenters. The second-order valence-corrected chi connectivity index (χ2v) is 16.4. The number of pyridine rings is 1. The summed E-state index contributed by atoms with van der Waals surface area (Å²) in [6.07, 6.45) is 0.918. The number of hydrogen-bond donors (Lipinski definition) is 2. The van der Waals surface area contributed by atoms with Crippen LogP contribution in [0.15, 0.2) is 71.9 Å². The molecule has 0 bridgehead atoms. The predicted molar refractivity (Wildman–Crippen MR) is 196 cm³/mol. The molecule has 1 aliphatic heterocycles. The molecule has 0 spiro atoms. The third kappa shape index (κ3) is 9.98. The molecule has 52 heavy (non-hydrogen) atoms. The Labute approximate surface area is 310 Å². The second-order valence-electron chi connectivity index (χ2n) is 14.1. The molecule has 1 saturated heterocycles. The lowest BCUT2D eigenvalue weighted by Crippen LogP contribution is -2.61. The molecule has 15 heteroatoms. The zero-order valence-electron chi connectivity index (χ0n) is 30.4. The number of anilines is 1. The molecule has 282 valence electrons. The average Bonchev–Trinajstić information content (AvgIpc) is 3.07. The molecule has 1 fully saturated rings. The lowest BCUT2D eigenvalue weighted by molar-refractivity contribution is -0.118. The highest BCUT2D eigenvalue weighted by molar-refractivity contribution is 7.89. The number of amides is 3. The van der Waals surface area contributed by atoms with Gasteiger partial charge in [0, 0.05) is 41.7 Å². The van der Waals surface area contributed by atoms with Crippen LogP contribution in [0.2, 0.25) is 5.02 Å². The quantitative estimate of drug-likeness (QED) is 0.222. The van der Waals surface area contributed by atoms with Gasteiger partial charge in [-0.2, -0.15) is 4.31 Å². The van der Waals surface area contributed by atoms with Crippen molar-refractivity contribution in [2.45, 2.75) is 88.9 Å². The number of rotatable bonds is 11. The first kappa shape index (κ1) is 40.5. The monoisotopic (exact) mass is 759 g/mol. The summed E-state index contributed by atoms with van der Waals surface area (Å²) in [5.74, 6) is -2.07. The van der Waals surface area contributed by atoms with Crippen molar-refractivity contribution < 1.29 is 36.7 Å². The van der Waals surface area contributed by atoms with Crippen molar-refractivity contribution in [3.05, 3.63) is 89.0 Å². The Balaban J connectivity index is 1.67. The third-order valence-electron chi connectivity index (χ3n) is 8.74. The Bertz CT molecular complexity index is 1820. The summed E-state index contributed by atoms with van der Waals surface area (Å²) in [6.45, 7) is 10.8. The van der Waals surface area contributed by atoms with Crippen molar-refractivity contribution in [1.82, 2.24) is 19.5 Å². The van der Waals surface area contributed by atoms with Gasteiger partial charge >= 0.3 is 12.2 Å². The fraction of sp³-hybridized carbons (Fsp3) is 0.459. The lowest BCUT2D eigenvalue weighted by atomic mass is 9.82. The van der Waals surface area contributed by atoms with E-state index in [9.17, 15) is 22.8 Å². The van der Waals surface area contributed by atoms with Gasteiger partial charge in [0.2, 0.25) is 15.9 Å². The Morgan fingerprint density at radius 2 is 1.69 bits per heavy atom. The van der Waals surface area contributed by atoms with Gasteiger partial charge in [-0.15, -0.1) is 0 Å². The van der Waals surface area contributed by atoms with Gasteiger partial charge in [-0.05, 0) is 76.3 Å². The van der Waals surface area contributed by atoms with Gasteiger partial charge in [0.05, 0.1) is 30.1 Å². The number of methoxy groups -OCH3 is 1. The molecule has 2 N–H and O–H groups in total. The summed E-state index contributed by atoms with van der Waals surface area (Å²) >= 11 is 6.12. The van der Waals surface area contributed by atoms with Crippen LogP contribution in [0, 0.1) is 11.7 Å². The standard InChI is InChI=1S/C37H47ClFN5O7S/c1-23(2)32(25-13-15-26(38)16-14-25)33(42-35(46)50-7)34(45)41-31-20-40-19-30(39)29(31)18-17-27-22-43(36(47)51-37(4,5)6)21-24(3)44(27)52(48,49)28-11-9-8-10-12-28/h8-16,19-20,23-24,27,32-33H,17-18,21-22H2,1-7H3,(H,41,45)(H,42,46)/t24-,27-,32+,33?/m0/s1. The summed E-state index contributed by atoms with van der Waals surface area (Å²) in [6, 6.07) is 12.3. The van der Waals surface area contributed by atoms with E-state index in [0.717, 1.165) is 11.8 Å². The van der Waals surface area contributed by atoms with E-state index in [1.54, 1.807) is 70.2 Å². The largest absolute Gasteiger partial charge is 0.453 e. The molecular weight excluding hydrogens is 713 g/mol. The molecule has 1 aliphatic rings. The summed E-state index contributed by atoms with van der Waals surface area (Å²) in [5.41, 5.74) is 0.0747. The molecule has 2 heterocycles. The van der Waals surface area contributed by atoms with Crippen LogP contribution in [0.3, 0.4) is 0 Å². The molecule has 0 radical (unpaired) electrons. The number of nitrogens with one attached hydrogen (secondary N) is 2. The van der Waals surface area contributed by atoms with E-state index in [-0.39, 0.29) is 48.0 Å². The maximum atomic E-state index is 15.6. The van der Waals surface area contributed by atoms with E-state index >= 15 is 4.39 Å². The fourth-order valence-corrected chi connectivity index (χ4v) is 8.48. The first-order valence-electron chi connectivity index (χ1n) is 17.0. The van der Waals surface area contributed by atoms with Crippen LogP contribution in [-0.4, -0.2) is 84.6 Å². The Hall–Kier alpha value is -4.27. The van der Waals surface area contributed by atoms with Crippen LogP contribution in [0.4, 0.5) is 19.7 Å². The van der Waals surface area contributed by atoms with Crippen molar-refractivity contribution >= 4 is 45.4 Å². The maximum Gasteiger partial charge on any atom is 0.410 e. The minimum Gasteiger partial charge on any atom is -0.453 e. The number of alkyl carbamates (subject to hydrolysis) is 1. The van der Waals surface area contributed by atoms with Gasteiger partial charge in [-0.3, -0.25) is 9.78 Å². The fourth-order valence-electron chi connectivity index (χ4n) is 6.51. The Morgan fingerprint density at radius 1 is 1.04 bits per heavy atom. The zero-order chi connectivity index (χ0) is 38.4. The molecule has 12 nitrogen and oxygen atoms in total. The number of piperazine rings is 1. The summed E-state index contributed by atoms with van der Waals surface area (Å²) in [7, 11) is -2.86. The van der Waals surface area contributed by atoms with Crippen LogP contribution in [0.25, 0.3) is 0 Å². The molecule has 0 saturated carbocycles. The van der Waals surface area contributed by atoms with Gasteiger partial charge in [-0.1, -0.05) is 55.8 Å². The summed E-state index contributed by atoms with van der Waals surface area (Å²) in [5, 5.41) is 5.89. The molecular formula is C37H47ClFN5O7S. The SMILES string of the molecule is COC(=O)NC(C(=O)Nc1cncc(F)c1CC[C@H]1CN(C(=O)OC(C)(C)C)C[C@H](C)N1S(=O)(=O)c1ccccc1)[C@@H](c1ccc(Cl)cc1)C(C)C. The van der Waals surface area contributed by atoms with Crippen LogP contribution in [-0.2, 0) is 30.7 Å². The normalized spacial score (nSPS) is 18.0. The topological polar surface area (TPSA) is 147 Å². The first-order chi connectivity index (χ1) is 24.4. The number of carbonyl (C=O) groups excluding carboxylic acids is 3. The highest BCUT2D eigenvalue weighted by atomic mass is 35.5. The molecule has 3 aromatic rings. The van der Waals surface area contributed by atoms with E-state index < -0.39 is 63.6 Å². The third-order valence-corrected chi connectivity index (χ3v) is 11.1. The number of carbonyl (C=O) groups is 3. The number of benzene rings is 2. The maximum absolute atomic E-state index is 15.6. The van der Waals surface area contributed by atoms with Gasteiger partial charge in [0.1, 0.15) is 17.5 Å². The van der Waals surface area contributed by atoms with Crippen molar-refractivity contribution in [1.29, 1.82) is 0 Å². The number of nitrogens with zero attached hydrogens (tertiary/aromatic N) is 3. The number of halogens is 2. The molecule has 0 aliphatic carbocycles. The smallest absolute Gasteiger partial charge is 0.410 e. The van der Waals surface area contributed by atoms with Gasteiger partial charge < -0.3 is 25.0 Å². The lowest BCUT2D eigenvalue weighted by Gasteiger charge is -2.44. The van der Waals surface area contributed by atoms with Crippen molar-refractivity contribution in [2.75, 3.05) is 25.5 Å². The van der Waals surface area contributed by atoms with Crippen molar-refractivity contribution in [2.24, 2.45) is 5.92 Å². The minimum atomic E-state index is -4.04. The van der Waals surface area contributed by atoms with E-state index in [4.69, 9.17) is 21.1 Å². The van der Waals surface area contributed by atoms with E-state index in [1.807, 2.05) is 13.8 Å². The molecule has 4 rings (SSSR count). The minimum absolute atomic E-state index is 0.0119. The number of sulfonamides is 1. The van der Waals surface area contributed by atoms with Gasteiger partial charge in [-0.25, -0.2) is 22.4 Å². The van der Waals surface area contributed by atoms with E-state index in [2.05, 4.69) is 15.6 Å². The molecule has 2 aromatic carbocycles. The number of ether oxygens (including phenoxy) is 2. The van der Waals surface area contributed by atoms with Crippen LogP contribution >= 0.6 is 11.6 Å². The molecule has 1 aromatic heterocycles. The molecule has 3 amide bonds. The molecule has 4 atom stereocenters. The second kappa shape index (κ2) is 17.0. The average molecular weight is 760 g/mol. The highest BCUT2D eigenvalue weighted by Crippen LogP contribution is 2.33. The predicted octanol–water partition coefficient (Wildman–Crippen LogP) is 6.61. The van der Waals surface area contributed by atoms with Gasteiger partial charge in [0.15, 0.2) is 0 Å². The summed E-state index contributed by atoms with van der Waals surface area (Å²) < 4.78 is 55.5. The van der Waals surface area contributed by atoms with Crippen molar-refractivity contribution in [3.8, 4) is 0 Å². The van der Waals surface area contributed by atoms with Crippen LogP contribution in [0.5, 0.6) is 0 Å². The first-order valence-corrected chi connectivity index (χ1v) is 18.8. The van der Waals surface area contributed by atoms with Crippen LogP contribution < -0.4 is 10.6 Å². The van der Waals surface area contributed by atoms with E-state index in [1.165, 1.54) is 34.6 Å². The number of aromatic nitrogens is 1.